The number of thiophene rings is 1. The zero-order valence-corrected chi connectivity index (χ0v) is 15.1. The van der Waals surface area contributed by atoms with Gasteiger partial charge in [0.2, 0.25) is 5.91 Å². The third-order valence-electron chi connectivity index (χ3n) is 4.14. The maximum absolute atomic E-state index is 12.1. The third-order valence-corrected chi connectivity index (χ3v) is 6.40. The van der Waals surface area contributed by atoms with Gasteiger partial charge in [0.25, 0.3) is 0 Å². The van der Waals surface area contributed by atoms with E-state index in [9.17, 15) is 4.79 Å². The first-order valence-electron chi connectivity index (χ1n) is 7.90. The summed E-state index contributed by atoms with van der Waals surface area (Å²) >= 11 is 3.31. The van der Waals surface area contributed by atoms with E-state index in [2.05, 4.69) is 28.8 Å². The number of hydrogen-bond acceptors (Lipinski definition) is 5. The van der Waals surface area contributed by atoms with Gasteiger partial charge in [0.05, 0.1) is 5.25 Å². The Morgan fingerprint density at radius 2 is 2.43 bits per heavy atom. The molecule has 1 aliphatic carbocycles. The minimum absolute atomic E-state index is 0.0133. The first kappa shape index (κ1) is 16.5. The van der Waals surface area contributed by atoms with Gasteiger partial charge in [-0.3, -0.25) is 4.79 Å². The Morgan fingerprint density at radius 1 is 1.61 bits per heavy atom. The Bertz CT molecular complexity index is 741. The van der Waals surface area contributed by atoms with Gasteiger partial charge in [0.1, 0.15) is 16.2 Å². The number of thioether (sulfide) groups is 1. The molecule has 0 fully saturated rings. The number of amides is 1. The number of carbonyl (C=O) groups is 1. The lowest BCUT2D eigenvalue weighted by atomic mass is 9.89. The molecule has 2 heterocycles. The molecule has 122 valence electrons. The molecule has 0 aliphatic heterocycles. The smallest absolute Gasteiger partial charge is 0.233 e. The van der Waals surface area contributed by atoms with Crippen LogP contribution in [0.1, 0.15) is 30.7 Å². The van der Waals surface area contributed by atoms with Crippen LogP contribution in [-0.2, 0) is 17.6 Å². The number of hydrogen-bond donors (Lipinski definition) is 1. The van der Waals surface area contributed by atoms with Crippen LogP contribution in [0.5, 0.6) is 0 Å². The van der Waals surface area contributed by atoms with Gasteiger partial charge in [-0.1, -0.05) is 24.8 Å². The zero-order valence-electron chi connectivity index (χ0n) is 13.5. The van der Waals surface area contributed by atoms with Gasteiger partial charge in [-0.05, 0) is 37.7 Å². The van der Waals surface area contributed by atoms with Crippen LogP contribution in [0.2, 0.25) is 0 Å². The molecular weight excluding hydrogens is 326 g/mol. The van der Waals surface area contributed by atoms with Crippen molar-refractivity contribution < 1.29 is 4.79 Å². The van der Waals surface area contributed by atoms with E-state index < -0.39 is 0 Å². The highest BCUT2D eigenvalue weighted by Crippen LogP contribution is 2.41. The average Bonchev–Trinajstić information content (AvgIpc) is 2.90. The van der Waals surface area contributed by atoms with Crippen molar-refractivity contribution >= 4 is 39.2 Å². The minimum Gasteiger partial charge on any atom is -0.352 e. The molecule has 1 aliphatic rings. The van der Waals surface area contributed by atoms with Crippen molar-refractivity contribution in [3.63, 3.8) is 0 Å². The van der Waals surface area contributed by atoms with Crippen molar-refractivity contribution in [2.24, 2.45) is 5.92 Å². The summed E-state index contributed by atoms with van der Waals surface area (Å²) in [6.07, 6.45) is 6.75. The summed E-state index contributed by atoms with van der Waals surface area (Å²) in [7, 11) is 0. The van der Waals surface area contributed by atoms with Crippen molar-refractivity contribution in [1.82, 2.24) is 15.3 Å². The molecule has 1 N–H and O–H groups in total. The van der Waals surface area contributed by atoms with Crippen molar-refractivity contribution in [3.05, 3.63) is 29.4 Å². The Labute approximate surface area is 144 Å². The summed E-state index contributed by atoms with van der Waals surface area (Å²) in [6, 6.07) is 0. The van der Waals surface area contributed by atoms with Crippen LogP contribution in [0.25, 0.3) is 10.2 Å². The molecule has 2 aromatic rings. The normalized spacial score (nSPS) is 18.4. The van der Waals surface area contributed by atoms with Crippen LogP contribution in [-0.4, -0.2) is 27.7 Å². The lowest BCUT2D eigenvalue weighted by Crippen LogP contribution is -2.30. The van der Waals surface area contributed by atoms with E-state index in [1.807, 2.05) is 6.92 Å². The van der Waals surface area contributed by atoms with Crippen molar-refractivity contribution in [2.45, 2.75) is 43.4 Å². The van der Waals surface area contributed by atoms with Crippen LogP contribution < -0.4 is 5.32 Å². The molecule has 6 heteroatoms. The van der Waals surface area contributed by atoms with Gasteiger partial charge in [0, 0.05) is 16.8 Å². The Hall–Kier alpha value is -1.40. The lowest BCUT2D eigenvalue weighted by molar-refractivity contribution is -0.120. The molecule has 3 rings (SSSR count). The van der Waals surface area contributed by atoms with Crippen LogP contribution in [0, 0.1) is 5.92 Å². The van der Waals surface area contributed by atoms with Gasteiger partial charge in [-0.15, -0.1) is 17.9 Å². The highest BCUT2D eigenvalue weighted by Gasteiger charge is 2.24. The standard InChI is InChI=1S/C17H21N3OS2/c1-4-7-18-15(21)11(3)22-16-14-12-6-5-10(2)8-13(12)23-17(14)20-9-19-16/h4,9-11H,1,5-8H2,2-3H3,(H,18,21)/t10-,11+/m1/s1. The molecule has 0 spiro atoms. The van der Waals surface area contributed by atoms with Gasteiger partial charge in [0.15, 0.2) is 0 Å². The third kappa shape index (κ3) is 3.43. The molecule has 0 radical (unpaired) electrons. The molecule has 0 saturated carbocycles. The lowest BCUT2D eigenvalue weighted by Gasteiger charge is -2.18. The minimum atomic E-state index is -0.189. The van der Waals surface area contributed by atoms with Crippen molar-refractivity contribution in [1.29, 1.82) is 0 Å². The molecule has 1 amide bonds. The van der Waals surface area contributed by atoms with E-state index >= 15 is 0 Å². The largest absolute Gasteiger partial charge is 0.352 e. The molecule has 23 heavy (non-hydrogen) atoms. The van der Waals surface area contributed by atoms with Gasteiger partial charge < -0.3 is 5.32 Å². The summed E-state index contributed by atoms with van der Waals surface area (Å²) < 4.78 is 0. The maximum atomic E-state index is 12.1. The molecule has 0 bridgehead atoms. The quantitative estimate of drug-likeness (QED) is 0.510. The fraction of sp³-hybridized carbons (Fsp3) is 0.471. The van der Waals surface area contributed by atoms with Crippen molar-refractivity contribution in [2.75, 3.05) is 6.54 Å². The number of rotatable bonds is 5. The Morgan fingerprint density at radius 3 is 3.22 bits per heavy atom. The topological polar surface area (TPSA) is 54.9 Å². The molecular formula is C17H21N3OS2. The summed E-state index contributed by atoms with van der Waals surface area (Å²) in [5.41, 5.74) is 1.41. The predicted molar refractivity (Wildman–Crippen MR) is 97.1 cm³/mol. The fourth-order valence-electron chi connectivity index (χ4n) is 2.87. The second kappa shape index (κ2) is 7.01. The summed E-state index contributed by atoms with van der Waals surface area (Å²) in [5.74, 6) is 0.752. The van der Waals surface area contributed by atoms with E-state index in [1.165, 1.54) is 34.0 Å². The maximum Gasteiger partial charge on any atom is 0.233 e. The van der Waals surface area contributed by atoms with Gasteiger partial charge in [-0.25, -0.2) is 9.97 Å². The number of nitrogens with one attached hydrogen (secondary N) is 1. The van der Waals surface area contributed by atoms with E-state index in [0.717, 1.165) is 28.6 Å². The number of nitrogens with zero attached hydrogens (tertiary/aromatic N) is 2. The fourth-order valence-corrected chi connectivity index (χ4v) is 5.26. The molecule has 4 nitrogen and oxygen atoms in total. The van der Waals surface area contributed by atoms with E-state index in [1.54, 1.807) is 23.7 Å². The molecule has 0 unspecified atom stereocenters. The van der Waals surface area contributed by atoms with Gasteiger partial charge >= 0.3 is 0 Å². The molecule has 0 aromatic carbocycles. The molecule has 2 atom stereocenters. The molecule has 0 saturated heterocycles. The van der Waals surface area contributed by atoms with Crippen LogP contribution in [0.4, 0.5) is 0 Å². The highest BCUT2D eigenvalue weighted by atomic mass is 32.2. The zero-order chi connectivity index (χ0) is 16.4. The van der Waals surface area contributed by atoms with Crippen LogP contribution in [0.15, 0.2) is 24.0 Å². The monoisotopic (exact) mass is 347 g/mol. The first-order valence-corrected chi connectivity index (χ1v) is 9.60. The van der Waals surface area contributed by atoms with E-state index in [0.29, 0.717) is 6.54 Å². The second-order valence-electron chi connectivity index (χ2n) is 6.00. The Balaban J connectivity index is 1.89. The van der Waals surface area contributed by atoms with Crippen molar-refractivity contribution in [3.8, 4) is 0 Å². The van der Waals surface area contributed by atoms with E-state index in [4.69, 9.17) is 0 Å². The SMILES string of the molecule is C=CCNC(=O)[C@H](C)Sc1ncnc2sc3c(c12)CC[C@@H](C)C3. The molecule has 2 aromatic heterocycles. The summed E-state index contributed by atoms with van der Waals surface area (Å²) in [6.45, 7) is 8.34. The summed E-state index contributed by atoms with van der Waals surface area (Å²) in [5, 5.41) is 4.76. The van der Waals surface area contributed by atoms with Crippen LogP contribution in [0.3, 0.4) is 0 Å². The highest BCUT2D eigenvalue weighted by molar-refractivity contribution is 8.00. The second-order valence-corrected chi connectivity index (χ2v) is 8.42. The number of carbonyl (C=O) groups excluding carboxylic acids is 1. The Kier molecular flexibility index (Phi) is 5.02. The number of fused-ring (bicyclic) bond motifs is 3. The summed E-state index contributed by atoms with van der Waals surface area (Å²) in [4.78, 5) is 23.5. The van der Waals surface area contributed by atoms with Crippen LogP contribution >= 0.6 is 23.1 Å². The number of aryl methyl sites for hydroxylation is 1. The first-order chi connectivity index (χ1) is 11.1. The number of aromatic nitrogens is 2. The average molecular weight is 348 g/mol. The van der Waals surface area contributed by atoms with E-state index in [-0.39, 0.29) is 11.2 Å². The predicted octanol–water partition coefficient (Wildman–Crippen LogP) is 3.60. The van der Waals surface area contributed by atoms with Gasteiger partial charge in [-0.2, -0.15) is 0 Å².